The number of rotatable bonds is 9. The van der Waals surface area contributed by atoms with Gasteiger partial charge in [0.15, 0.2) is 0 Å². The van der Waals surface area contributed by atoms with Gasteiger partial charge < -0.3 is 10.4 Å². The SMILES string of the molecule is CCC(N=O)c1nc(NCc2ccccc2Sc2ccccc2CO)nc2ccccc12. The molecule has 1 unspecified atom stereocenters. The number of hydrogen-bond donors (Lipinski definition) is 2. The minimum atomic E-state index is -0.513. The topological polar surface area (TPSA) is 87.5 Å². The quantitative estimate of drug-likeness (QED) is 0.303. The van der Waals surface area contributed by atoms with Gasteiger partial charge in [-0.05, 0) is 35.7 Å². The van der Waals surface area contributed by atoms with Crippen molar-refractivity contribution < 1.29 is 5.11 Å². The van der Waals surface area contributed by atoms with Gasteiger partial charge in [-0.2, -0.15) is 4.91 Å². The van der Waals surface area contributed by atoms with Crippen LogP contribution in [0.15, 0.2) is 87.8 Å². The van der Waals surface area contributed by atoms with Gasteiger partial charge in [-0.25, -0.2) is 9.97 Å². The van der Waals surface area contributed by atoms with Crippen LogP contribution in [0, 0.1) is 4.91 Å². The van der Waals surface area contributed by atoms with E-state index in [4.69, 9.17) is 0 Å². The van der Waals surface area contributed by atoms with Crippen LogP contribution in [-0.2, 0) is 13.2 Å². The molecule has 0 amide bonds. The largest absolute Gasteiger partial charge is 0.392 e. The first-order chi connectivity index (χ1) is 15.7. The molecule has 1 atom stereocenters. The Morgan fingerprint density at radius 1 is 0.938 bits per heavy atom. The first-order valence-electron chi connectivity index (χ1n) is 10.5. The lowest BCUT2D eigenvalue weighted by Gasteiger charge is -2.14. The van der Waals surface area contributed by atoms with E-state index in [1.807, 2.05) is 67.6 Å². The number of aromatic nitrogens is 2. The molecule has 2 N–H and O–H groups in total. The monoisotopic (exact) mass is 444 g/mol. The van der Waals surface area contributed by atoms with Crippen molar-refractivity contribution in [2.24, 2.45) is 5.18 Å². The molecule has 7 heteroatoms. The van der Waals surface area contributed by atoms with Crippen molar-refractivity contribution in [1.82, 2.24) is 9.97 Å². The Morgan fingerprint density at radius 3 is 2.31 bits per heavy atom. The fourth-order valence-electron chi connectivity index (χ4n) is 3.53. The van der Waals surface area contributed by atoms with Crippen molar-refractivity contribution in [3.8, 4) is 0 Å². The molecule has 6 nitrogen and oxygen atoms in total. The molecule has 1 heterocycles. The maximum Gasteiger partial charge on any atom is 0.223 e. The Balaban J connectivity index is 1.61. The van der Waals surface area contributed by atoms with Crippen molar-refractivity contribution in [3.05, 3.63) is 94.5 Å². The molecule has 0 bridgehead atoms. The molecule has 3 aromatic carbocycles. The van der Waals surface area contributed by atoms with E-state index in [0.717, 1.165) is 31.8 Å². The van der Waals surface area contributed by atoms with Gasteiger partial charge in [-0.15, -0.1) is 0 Å². The Morgan fingerprint density at radius 2 is 1.59 bits per heavy atom. The van der Waals surface area contributed by atoms with Crippen LogP contribution in [0.4, 0.5) is 5.95 Å². The van der Waals surface area contributed by atoms with E-state index in [9.17, 15) is 10.0 Å². The number of hydrogen-bond acceptors (Lipinski definition) is 7. The molecule has 1 aromatic heterocycles. The van der Waals surface area contributed by atoms with Crippen molar-refractivity contribution in [1.29, 1.82) is 0 Å². The van der Waals surface area contributed by atoms with Crippen LogP contribution in [0.25, 0.3) is 10.9 Å². The highest BCUT2D eigenvalue weighted by Gasteiger charge is 2.17. The molecule has 0 saturated heterocycles. The summed E-state index contributed by atoms with van der Waals surface area (Å²) in [5.74, 6) is 0.469. The fourth-order valence-corrected chi connectivity index (χ4v) is 4.59. The zero-order chi connectivity index (χ0) is 22.3. The second kappa shape index (κ2) is 10.3. The average Bonchev–Trinajstić information content (AvgIpc) is 2.84. The summed E-state index contributed by atoms with van der Waals surface area (Å²) in [5, 5.41) is 17.1. The molecule has 0 spiro atoms. The Hall–Kier alpha value is -3.29. The summed E-state index contributed by atoms with van der Waals surface area (Å²) in [5.41, 5.74) is 3.41. The molecule has 0 fully saturated rings. The van der Waals surface area contributed by atoms with Gasteiger partial charge in [-0.1, -0.05) is 78.5 Å². The van der Waals surface area contributed by atoms with Gasteiger partial charge in [0.2, 0.25) is 5.95 Å². The van der Waals surface area contributed by atoms with Crippen LogP contribution in [-0.4, -0.2) is 15.1 Å². The predicted molar refractivity (Wildman–Crippen MR) is 129 cm³/mol. The molecule has 4 rings (SSSR count). The van der Waals surface area contributed by atoms with Gasteiger partial charge in [0.1, 0.15) is 6.04 Å². The van der Waals surface area contributed by atoms with Gasteiger partial charge in [0.05, 0.1) is 17.8 Å². The highest BCUT2D eigenvalue weighted by molar-refractivity contribution is 7.99. The average molecular weight is 445 g/mol. The van der Waals surface area contributed by atoms with E-state index in [1.165, 1.54) is 0 Å². The van der Waals surface area contributed by atoms with E-state index in [1.54, 1.807) is 11.8 Å². The predicted octanol–water partition coefficient (Wildman–Crippen LogP) is 6.10. The normalized spacial score (nSPS) is 11.9. The number of aliphatic hydroxyl groups excluding tert-OH is 1. The molecule has 0 saturated carbocycles. The smallest absolute Gasteiger partial charge is 0.223 e. The second-order valence-electron chi connectivity index (χ2n) is 7.31. The number of nitroso groups, excluding NO2 is 1. The lowest BCUT2D eigenvalue weighted by Crippen LogP contribution is -2.08. The van der Waals surface area contributed by atoms with Crippen LogP contribution < -0.4 is 5.32 Å². The third-order valence-corrected chi connectivity index (χ3v) is 6.47. The first-order valence-corrected chi connectivity index (χ1v) is 11.3. The molecular formula is C25H24N4O2S. The number of aliphatic hydroxyl groups is 1. The first kappa shape index (κ1) is 21.9. The summed E-state index contributed by atoms with van der Waals surface area (Å²) in [7, 11) is 0. The van der Waals surface area contributed by atoms with Crippen LogP contribution >= 0.6 is 11.8 Å². The van der Waals surface area contributed by atoms with E-state index < -0.39 is 6.04 Å². The van der Waals surface area contributed by atoms with Gasteiger partial charge in [0.25, 0.3) is 0 Å². The molecule has 0 radical (unpaired) electrons. The van der Waals surface area contributed by atoms with Crippen LogP contribution in [0.1, 0.15) is 36.2 Å². The fraction of sp³-hybridized carbons (Fsp3) is 0.200. The van der Waals surface area contributed by atoms with Gasteiger partial charge in [-0.3, -0.25) is 0 Å². The third kappa shape index (κ3) is 4.79. The van der Waals surface area contributed by atoms with Crippen molar-refractivity contribution >= 4 is 28.6 Å². The summed E-state index contributed by atoms with van der Waals surface area (Å²) in [6.07, 6.45) is 0.577. The molecule has 0 aliphatic rings. The zero-order valence-electron chi connectivity index (χ0n) is 17.7. The molecule has 4 aromatic rings. The van der Waals surface area contributed by atoms with Crippen molar-refractivity contribution in [2.45, 2.75) is 42.3 Å². The minimum Gasteiger partial charge on any atom is -0.392 e. The van der Waals surface area contributed by atoms with E-state index in [-0.39, 0.29) is 6.61 Å². The highest BCUT2D eigenvalue weighted by Crippen LogP contribution is 2.33. The Bertz CT molecular complexity index is 1230. The van der Waals surface area contributed by atoms with E-state index >= 15 is 0 Å². The van der Waals surface area contributed by atoms with E-state index in [0.29, 0.717) is 24.6 Å². The zero-order valence-corrected chi connectivity index (χ0v) is 18.5. The number of nitrogens with one attached hydrogen (secondary N) is 1. The Kier molecular flexibility index (Phi) is 7.09. The summed E-state index contributed by atoms with van der Waals surface area (Å²) >= 11 is 1.62. The minimum absolute atomic E-state index is 0.000654. The standard InChI is InChI=1S/C25H24N4O2S/c1-2-20(29-31)24-19-11-5-6-12-21(19)27-25(28-24)26-15-17-9-3-7-13-22(17)32-23-14-8-4-10-18(23)16-30/h3-14,20,30H,2,15-16H2,1H3,(H,26,27,28). The third-order valence-electron chi connectivity index (χ3n) is 5.23. The van der Waals surface area contributed by atoms with E-state index in [2.05, 4.69) is 32.6 Å². The molecule has 0 aliphatic heterocycles. The summed E-state index contributed by atoms with van der Waals surface area (Å²) in [6, 6.07) is 23.1. The Labute approximate surface area is 191 Å². The number of anilines is 1. The summed E-state index contributed by atoms with van der Waals surface area (Å²) in [6.45, 7) is 2.45. The summed E-state index contributed by atoms with van der Waals surface area (Å²) in [4.78, 5) is 22.8. The highest BCUT2D eigenvalue weighted by atomic mass is 32.2. The molecule has 32 heavy (non-hydrogen) atoms. The molecule has 0 aliphatic carbocycles. The van der Waals surface area contributed by atoms with Crippen molar-refractivity contribution in [2.75, 3.05) is 5.32 Å². The maximum atomic E-state index is 11.4. The number of para-hydroxylation sites is 1. The molecular weight excluding hydrogens is 420 g/mol. The summed E-state index contributed by atoms with van der Waals surface area (Å²) < 4.78 is 0. The van der Waals surface area contributed by atoms with Crippen molar-refractivity contribution in [3.63, 3.8) is 0 Å². The number of benzene rings is 3. The number of nitrogens with zero attached hydrogens (tertiary/aromatic N) is 3. The van der Waals surface area contributed by atoms with Crippen LogP contribution in [0.5, 0.6) is 0 Å². The van der Waals surface area contributed by atoms with Gasteiger partial charge >= 0.3 is 0 Å². The lowest BCUT2D eigenvalue weighted by atomic mass is 10.1. The van der Waals surface area contributed by atoms with Crippen LogP contribution in [0.3, 0.4) is 0 Å². The number of fused-ring (bicyclic) bond motifs is 1. The van der Waals surface area contributed by atoms with Gasteiger partial charge in [0, 0.05) is 21.7 Å². The second-order valence-corrected chi connectivity index (χ2v) is 8.39. The molecule has 162 valence electrons. The lowest BCUT2D eigenvalue weighted by molar-refractivity contribution is 0.279. The maximum absolute atomic E-state index is 11.4. The van der Waals surface area contributed by atoms with Crippen LogP contribution in [0.2, 0.25) is 0 Å².